The van der Waals surface area contributed by atoms with Crippen molar-refractivity contribution in [3.8, 4) is 6.07 Å². The van der Waals surface area contributed by atoms with E-state index in [1.165, 1.54) is 0 Å². The number of aromatic nitrogens is 1. The number of rotatable bonds is 6. The molecule has 35 heavy (non-hydrogen) atoms. The Morgan fingerprint density at radius 2 is 1.66 bits per heavy atom. The minimum atomic E-state index is -0.465. The largest absolute Gasteiger partial charge is 0.342 e. The van der Waals surface area contributed by atoms with E-state index in [1.54, 1.807) is 48.5 Å². The van der Waals surface area contributed by atoms with E-state index in [0.717, 1.165) is 38.7 Å². The fraction of sp³-hybridized carbons (Fsp3) is 0.0714. The fourth-order valence-electron chi connectivity index (χ4n) is 4.04. The Morgan fingerprint density at radius 3 is 2.40 bits per heavy atom. The third-order valence-corrected chi connectivity index (χ3v) is 6.72. The van der Waals surface area contributed by atoms with Gasteiger partial charge in [-0.15, -0.1) is 0 Å². The number of Topliss-reactive ketones (excluding diaryl/α,β-unsaturated/α-hetero) is 1. The van der Waals surface area contributed by atoms with Crippen molar-refractivity contribution in [2.24, 2.45) is 0 Å². The molecule has 1 aromatic heterocycles. The van der Waals surface area contributed by atoms with Gasteiger partial charge in [0.05, 0.1) is 23.1 Å². The number of carbonyl (C=O) groups is 3. The summed E-state index contributed by atoms with van der Waals surface area (Å²) in [7, 11) is 0. The van der Waals surface area contributed by atoms with Crippen LogP contribution in [0.25, 0.3) is 17.0 Å². The summed E-state index contributed by atoms with van der Waals surface area (Å²) in [5.41, 5.74) is 3.90. The molecule has 2 heterocycles. The molecule has 0 saturated carbocycles. The van der Waals surface area contributed by atoms with Gasteiger partial charge < -0.3 is 4.57 Å². The SMILES string of the molecule is N#Cc1ccc(Cn2cc(/C=C3\SC(=O)N(CC(=O)c4ccccc4)C3=O)c3ccccc32)cc1. The first-order valence-corrected chi connectivity index (χ1v) is 11.8. The predicted octanol–water partition coefficient (Wildman–Crippen LogP) is 5.48. The predicted molar refractivity (Wildman–Crippen MR) is 136 cm³/mol. The second kappa shape index (κ2) is 9.45. The lowest BCUT2D eigenvalue weighted by molar-refractivity contribution is -0.122. The topological polar surface area (TPSA) is 83.2 Å². The van der Waals surface area contributed by atoms with E-state index in [2.05, 4.69) is 10.6 Å². The first-order chi connectivity index (χ1) is 17.0. The van der Waals surface area contributed by atoms with Gasteiger partial charge in [-0.1, -0.05) is 60.7 Å². The molecule has 6 nitrogen and oxygen atoms in total. The summed E-state index contributed by atoms with van der Waals surface area (Å²) in [6.45, 7) is 0.305. The Bertz CT molecular complexity index is 1530. The quantitative estimate of drug-likeness (QED) is 0.271. The number of nitriles is 1. The Hall–Kier alpha value is -4.41. The molecule has 0 spiro atoms. The van der Waals surface area contributed by atoms with E-state index in [1.807, 2.05) is 42.6 Å². The van der Waals surface area contributed by atoms with E-state index in [0.29, 0.717) is 17.7 Å². The van der Waals surface area contributed by atoms with E-state index in [-0.39, 0.29) is 17.2 Å². The van der Waals surface area contributed by atoms with Crippen LogP contribution in [-0.4, -0.2) is 32.9 Å². The first-order valence-electron chi connectivity index (χ1n) is 10.9. The molecule has 0 unspecified atom stereocenters. The number of para-hydroxylation sites is 1. The molecule has 1 saturated heterocycles. The average Bonchev–Trinajstić information content (AvgIpc) is 3.36. The molecule has 4 aromatic rings. The second-order valence-electron chi connectivity index (χ2n) is 8.10. The number of amides is 2. The summed E-state index contributed by atoms with van der Waals surface area (Å²) in [6, 6.07) is 26.0. The summed E-state index contributed by atoms with van der Waals surface area (Å²) in [4.78, 5) is 39.4. The van der Waals surface area contributed by atoms with Gasteiger partial charge in [-0.25, -0.2) is 0 Å². The Kier molecular flexibility index (Phi) is 6.04. The zero-order valence-corrected chi connectivity index (χ0v) is 19.4. The van der Waals surface area contributed by atoms with Crippen LogP contribution in [0.5, 0.6) is 0 Å². The van der Waals surface area contributed by atoms with Gasteiger partial charge in [-0.2, -0.15) is 5.26 Å². The summed E-state index contributed by atoms with van der Waals surface area (Å²) in [6.07, 6.45) is 3.67. The maximum atomic E-state index is 13.0. The molecule has 3 aromatic carbocycles. The molecule has 0 N–H and O–H groups in total. The molecule has 0 radical (unpaired) electrons. The highest BCUT2D eigenvalue weighted by molar-refractivity contribution is 8.18. The zero-order valence-electron chi connectivity index (χ0n) is 18.5. The summed E-state index contributed by atoms with van der Waals surface area (Å²) >= 11 is 0.846. The van der Waals surface area contributed by atoms with Crippen molar-refractivity contribution in [1.29, 1.82) is 5.26 Å². The van der Waals surface area contributed by atoms with Gasteiger partial charge in [0.15, 0.2) is 5.78 Å². The minimum absolute atomic E-state index is 0.284. The average molecular weight is 478 g/mol. The Balaban J connectivity index is 1.42. The van der Waals surface area contributed by atoms with Crippen LogP contribution < -0.4 is 0 Å². The number of imide groups is 1. The second-order valence-corrected chi connectivity index (χ2v) is 9.09. The van der Waals surface area contributed by atoms with Crippen LogP contribution in [0.15, 0.2) is 90.0 Å². The van der Waals surface area contributed by atoms with Crippen LogP contribution in [0.2, 0.25) is 0 Å². The van der Waals surface area contributed by atoms with E-state index < -0.39 is 11.1 Å². The molecule has 0 bridgehead atoms. The number of nitrogens with zero attached hydrogens (tertiary/aromatic N) is 3. The fourth-order valence-corrected chi connectivity index (χ4v) is 4.87. The third-order valence-electron chi connectivity index (χ3n) is 5.81. The van der Waals surface area contributed by atoms with E-state index in [4.69, 9.17) is 5.26 Å². The lowest BCUT2D eigenvalue weighted by atomic mass is 10.1. The number of ketones is 1. The molecule has 2 amide bonds. The molecule has 0 aliphatic carbocycles. The highest BCUT2D eigenvalue weighted by Crippen LogP contribution is 2.34. The number of hydrogen-bond donors (Lipinski definition) is 0. The van der Waals surface area contributed by atoms with Crippen molar-refractivity contribution in [3.63, 3.8) is 0 Å². The lowest BCUT2D eigenvalue weighted by Crippen LogP contribution is -2.33. The molecular formula is C28H19N3O3S. The van der Waals surface area contributed by atoms with Gasteiger partial charge in [0.2, 0.25) is 0 Å². The Labute approximate surface area is 206 Å². The van der Waals surface area contributed by atoms with Crippen molar-refractivity contribution >= 4 is 45.7 Å². The van der Waals surface area contributed by atoms with Crippen molar-refractivity contribution < 1.29 is 14.4 Å². The van der Waals surface area contributed by atoms with Crippen molar-refractivity contribution in [1.82, 2.24) is 9.47 Å². The van der Waals surface area contributed by atoms with Gasteiger partial charge in [0.25, 0.3) is 11.1 Å². The molecule has 1 aliphatic rings. The minimum Gasteiger partial charge on any atom is -0.342 e. The van der Waals surface area contributed by atoms with Crippen LogP contribution in [0.3, 0.4) is 0 Å². The lowest BCUT2D eigenvalue weighted by Gasteiger charge is -2.11. The Morgan fingerprint density at radius 1 is 0.943 bits per heavy atom. The van der Waals surface area contributed by atoms with Gasteiger partial charge in [0.1, 0.15) is 0 Å². The highest BCUT2D eigenvalue weighted by atomic mass is 32.2. The van der Waals surface area contributed by atoms with Crippen molar-refractivity contribution in [2.45, 2.75) is 6.54 Å². The molecule has 1 aliphatic heterocycles. The van der Waals surface area contributed by atoms with Crippen LogP contribution in [-0.2, 0) is 11.3 Å². The number of benzene rings is 3. The molecule has 7 heteroatoms. The third kappa shape index (κ3) is 4.52. The summed E-state index contributed by atoms with van der Waals surface area (Å²) < 4.78 is 2.08. The standard InChI is InChI=1S/C28H19N3O3S/c29-15-19-10-12-20(13-11-19)16-30-17-22(23-8-4-5-9-24(23)30)14-26-27(33)31(28(34)35-26)18-25(32)21-6-2-1-3-7-21/h1-14,17H,16,18H2/b26-14-. The monoisotopic (exact) mass is 477 g/mol. The van der Waals surface area contributed by atoms with Crippen LogP contribution in [0, 0.1) is 11.3 Å². The van der Waals surface area contributed by atoms with Gasteiger partial charge in [-0.3, -0.25) is 19.3 Å². The van der Waals surface area contributed by atoms with Crippen LogP contribution in [0.1, 0.15) is 27.0 Å². The zero-order chi connectivity index (χ0) is 24.4. The van der Waals surface area contributed by atoms with E-state index >= 15 is 0 Å². The van der Waals surface area contributed by atoms with Gasteiger partial charge >= 0.3 is 0 Å². The normalized spacial score (nSPS) is 14.6. The molecule has 0 atom stereocenters. The molecular weight excluding hydrogens is 458 g/mol. The number of thioether (sulfide) groups is 1. The maximum absolute atomic E-state index is 13.0. The number of fused-ring (bicyclic) bond motifs is 1. The first kappa shape index (κ1) is 22.4. The highest BCUT2D eigenvalue weighted by Gasteiger charge is 2.36. The number of carbonyl (C=O) groups excluding carboxylic acids is 3. The molecule has 170 valence electrons. The van der Waals surface area contributed by atoms with Crippen LogP contribution in [0.4, 0.5) is 4.79 Å². The van der Waals surface area contributed by atoms with Crippen molar-refractivity contribution in [2.75, 3.05) is 6.54 Å². The molecule has 5 rings (SSSR count). The van der Waals surface area contributed by atoms with E-state index in [9.17, 15) is 14.4 Å². The van der Waals surface area contributed by atoms with Crippen LogP contribution >= 0.6 is 11.8 Å². The van der Waals surface area contributed by atoms with Gasteiger partial charge in [-0.05, 0) is 41.6 Å². The van der Waals surface area contributed by atoms with Gasteiger partial charge in [0, 0.05) is 34.8 Å². The number of hydrogen-bond acceptors (Lipinski definition) is 5. The van der Waals surface area contributed by atoms with Crippen molar-refractivity contribution in [3.05, 3.63) is 112 Å². The molecule has 1 fully saturated rings. The smallest absolute Gasteiger partial charge is 0.293 e. The summed E-state index contributed by atoms with van der Waals surface area (Å²) in [5.74, 6) is -0.749. The summed E-state index contributed by atoms with van der Waals surface area (Å²) in [5, 5.41) is 9.53. The maximum Gasteiger partial charge on any atom is 0.293 e.